The lowest BCUT2D eigenvalue weighted by molar-refractivity contribution is -0.228. The molecule has 2 aromatic carbocycles. The number of aromatic amines is 1. The molecule has 1 aromatic heterocycles. The van der Waals surface area contributed by atoms with E-state index in [0.717, 1.165) is 65.9 Å². The molecule has 6 aliphatic rings. The number of esters is 3. The maximum absolute atomic E-state index is 15.4. The highest BCUT2D eigenvalue weighted by molar-refractivity contribution is 5.95. The van der Waals surface area contributed by atoms with Gasteiger partial charge in [-0.1, -0.05) is 44.2 Å². The lowest BCUT2D eigenvalue weighted by atomic mass is 9.47. The Morgan fingerprint density at radius 1 is 0.983 bits per heavy atom. The average Bonchev–Trinajstić information content (AvgIpc) is 3.90. The van der Waals surface area contributed by atoms with Crippen LogP contribution in [0.3, 0.4) is 0 Å². The van der Waals surface area contributed by atoms with Gasteiger partial charge in [-0.3, -0.25) is 14.5 Å². The van der Waals surface area contributed by atoms with Crippen LogP contribution in [0.15, 0.2) is 48.6 Å². The van der Waals surface area contributed by atoms with E-state index in [1.165, 1.54) is 21.1 Å². The largest absolute Gasteiger partial charge is 0.496 e. The summed E-state index contributed by atoms with van der Waals surface area (Å²) in [6, 6.07) is 11.1. The quantitative estimate of drug-likeness (QED) is 0.180. The van der Waals surface area contributed by atoms with Crippen LogP contribution in [0, 0.1) is 11.3 Å². The van der Waals surface area contributed by atoms with Crippen molar-refractivity contribution < 1.29 is 38.4 Å². The Labute approximate surface area is 346 Å². The van der Waals surface area contributed by atoms with Gasteiger partial charge in [-0.15, -0.1) is 0 Å². The number of hydrogen-bond donors (Lipinski definition) is 3. The molecule has 1 spiro atoms. The summed E-state index contributed by atoms with van der Waals surface area (Å²) >= 11 is 0. The van der Waals surface area contributed by atoms with Gasteiger partial charge in [0.1, 0.15) is 11.2 Å². The molecule has 59 heavy (non-hydrogen) atoms. The van der Waals surface area contributed by atoms with E-state index in [1.54, 1.807) is 7.11 Å². The summed E-state index contributed by atoms with van der Waals surface area (Å²) in [5, 5.41) is 14.4. The third-order valence-electron chi connectivity index (χ3n) is 15.7. The third-order valence-corrected chi connectivity index (χ3v) is 15.7. The molecule has 1 aliphatic carbocycles. The van der Waals surface area contributed by atoms with Crippen LogP contribution in [0.25, 0.3) is 10.9 Å². The molecule has 0 amide bonds. The van der Waals surface area contributed by atoms with Crippen molar-refractivity contribution in [3.63, 3.8) is 0 Å². The van der Waals surface area contributed by atoms with E-state index in [1.807, 2.05) is 37.1 Å². The number of para-hydroxylation sites is 1. The zero-order chi connectivity index (χ0) is 41.9. The van der Waals surface area contributed by atoms with Crippen molar-refractivity contribution in [1.82, 2.24) is 14.8 Å². The maximum atomic E-state index is 15.4. The maximum Gasteiger partial charge on any atom is 0.344 e. The number of nitrogens with two attached hydrogens (primary N) is 1. The molecule has 2 saturated heterocycles. The Bertz CT molecular complexity index is 2260. The fourth-order valence-corrected chi connectivity index (χ4v) is 13.6. The van der Waals surface area contributed by atoms with Gasteiger partial charge >= 0.3 is 17.9 Å². The van der Waals surface area contributed by atoms with Gasteiger partial charge in [0.2, 0.25) is 5.60 Å². The van der Waals surface area contributed by atoms with E-state index < -0.39 is 57.4 Å². The molecular formula is C46H59N5O8. The van der Waals surface area contributed by atoms with Crippen molar-refractivity contribution in [2.24, 2.45) is 17.1 Å². The molecule has 1 unspecified atom stereocenters. The SMILES string of the molecule is CC[C@]1(N)C[C@H]2CN(CCc3c([nH]c4ccccc34)[C@@](C(=O)OC)(c3cc4c(cc3OC)N(C)[C@H]3[C@@](O)(C(=O)OC)[C@H](OC(C)=O)[C@]5(CC)C=CCN6CC[C@]43[C@@H]65)C2)C1. The van der Waals surface area contributed by atoms with Crippen LogP contribution >= 0.6 is 0 Å². The van der Waals surface area contributed by atoms with Gasteiger partial charge in [0, 0.05) is 96.5 Å². The minimum Gasteiger partial charge on any atom is -0.496 e. The molecule has 9 rings (SSSR count). The molecule has 5 aliphatic heterocycles. The van der Waals surface area contributed by atoms with Crippen molar-refractivity contribution >= 4 is 34.5 Å². The molecule has 4 N–H and O–H groups in total. The summed E-state index contributed by atoms with van der Waals surface area (Å²) < 4.78 is 24.0. The summed E-state index contributed by atoms with van der Waals surface area (Å²) in [5.74, 6) is -1.35. The average molecular weight is 810 g/mol. The van der Waals surface area contributed by atoms with Crippen LogP contribution in [0.1, 0.15) is 75.3 Å². The van der Waals surface area contributed by atoms with Crippen molar-refractivity contribution in [2.75, 3.05) is 66.0 Å². The zero-order valence-corrected chi connectivity index (χ0v) is 35.4. The van der Waals surface area contributed by atoms with E-state index in [9.17, 15) is 14.7 Å². The van der Waals surface area contributed by atoms with Gasteiger partial charge < -0.3 is 44.6 Å². The number of ether oxygens (including phenoxy) is 4. The van der Waals surface area contributed by atoms with Gasteiger partial charge in [-0.25, -0.2) is 4.79 Å². The Morgan fingerprint density at radius 2 is 1.75 bits per heavy atom. The minimum absolute atomic E-state index is 0.0264. The summed E-state index contributed by atoms with van der Waals surface area (Å²) in [6.45, 7) is 9.18. The van der Waals surface area contributed by atoms with E-state index in [4.69, 9.17) is 24.7 Å². The number of benzene rings is 2. The third kappa shape index (κ3) is 5.20. The Kier molecular flexibility index (Phi) is 9.36. The number of methoxy groups -OCH3 is 3. The molecule has 316 valence electrons. The molecular weight excluding hydrogens is 751 g/mol. The Hall–Kier alpha value is -4.43. The Morgan fingerprint density at radius 3 is 2.44 bits per heavy atom. The molecule has 13 heteroatoms. The highest BCUT2D eigenvalue weighted by Crippen LogP contribution is 2.68. The molecule has 6 heterocycles. The lowest BCUT2D eigenvalue weighted by Gasteiger charge is -2.63. The number of aromatic nitrogens is 1. The molecule has 3 aromatic rings. The number of anilines is 1. The fourth-order valence-electron chi connectivity index (χ4n) is 13.6. The summed E-state index contributed by atoms with van der Waals surface area (Å²) in [5.41, 5.74) is 6.35. The van der Waals surface area contributed by atoms with Crippen LogP contribution in [-0.2, 0) is 45.8 Å². The first-order chi connectivity index (χ1) is 28.2. The van der Waals surface area contributed by atoms with Crippen molar-refractivity contribution in [1.29, 1.82) is 0 Å². The smallest absolute Gasteiger partial charge is 0.344 e. The van der Waals surface area contributed by atoms with Gasteiger partial charge in [-0.05, 0) is 74.2 Å². The molecule has 10 atom stereocenters. The van der Waals surface area contributed by atoms with Crippen LogP contribution in [0.2, 0.25) is 0 Å². The van der Waals surface area contributed by atoms with Gasteiger partial charge in [0.05, 0.1) is 27.4 Å². The minimum atomic E-state index is -2.29. The number of hydrogen-bond acceptors (Lipinski definition) is 12. The number of carbonyl (C=O) groups is 3. The second kappa shape index (κ2) is 13.8. The van der Waals surface area contributed by atoms with Crippen LogP contribution in [-0.4, -0.2) is 128 Å². The fraction of sp³-hybridized carbons (Fsp3) is 0.587. The summed E-state index contributed by atoms with van der Waals surface area (Å²) in [7, 11) is 6.22. The summed E-state index contributed by atoms with van der Waals surface area (Å²) in [6.07, 6.45) is 6.59. The van der Waals surface area contributed by atoms with E-state index in [0.29, 0.717) is 50.1 Å². The number of rotatable bonds is 7. The topological polar surface area (TPSA) is 160 Å². The van der Waals surface area contributed by atoms with Crippen LogP contribution in [0.5, 0.6) is 5.75 Å². The van der Waals surface area contributed by atoms with Gasteiger partial charge in [0.25, 0.3) is 0 Å². The molecule has 2 bridgehead atoms. The van der Waals surface area contributed by atoms with Crippen LogP contribution in [0.4, 0.5) is 5.69 Å². The number of H-pyrrole nitrogens is 1. The first kappa shape index (κ1) is 40.0. The number of piperidine rings is 1. The van der Waals surface area contributed by atoms with Gasteiger partial charge in [-0.2, -0.15) is 0 Å². The van der Waals surface area contributed by atoms with Crippen molar-refractivity contribution in [2.45, 2.75) is 99.5 Å². The highest BCUT2D eigenvalue weighted by Gasteiger charge is 2.80. The lowest BCUT2D eigenvalue weighted by Crippen LogP contribution is -2.81. The summed E-state index contributed by atoms with van der Waals surface area (Å²) in [4.78, 5) is 53.4. The molecule has 0 radical (unpaired) electrons. The van der Waals surface area contributed by atoms with E-state index in [2.05, 4.69) is 52.1 Å². The second-order valence-corrected chi connectivity index (χ2v) is 18.3. The number of likely N-dealkylation sites (N-methyl/N-ethyl adjacent to an activating group) is 1. The molecule has 3 fully saturated rings. The number of fused-ring (bicyclic) bond motifs is 6. The number of aliphatic hydroxyl groups is 1. The normalized spacial score (nSPS) is 37.0. The highest BCUT2D eigenvalue weighted by atomic mass is 16.6. The number of carbonyl (C=O) groups excluding carboxylic acids is 3. The monoisotopic (exact) mass is 809 g/mol. The predicted molar refractivity (Wildman–Crippen MR) is 222 cm³/mol. The number of nitrogens with one attached hydrogen (secondary N) is 1. The standard InChI is InChI=1S/C46H59N5O8/c1-8-42(47)23-28-24-45(40(53)57-6,36-30(15-19-50(25-28)26-42)29-13-10-11-14-33(29)48-36)32-21-31-34(22-35(32)56-5)49(4)38-44(31)17-20-51-18-12-16-43(9-2,37(44)51)39(59-27(3)52)46(38,55)41(54)58-7/h10-14,16,21-22,28,37-39,48,55H,8-9,15,17-20,23-26,47H2,1-7H3/t28-,37+,38-,39-,42+,43-,44-,45+,46+/m1/s1. The predicted octanol–water partition coefficient (Wildman–Crippen LogP) is 3.96. The van der Waals surface area contributed by atoms with Crippen molar-refractivity contribution in [3.8, 4) is 5.75 Å². The number of nitrogens with zero attached hydrogens (tertiary/aromatic N) is 3. The molecule has 1 saturated carbocycles. The molecule has 13 nitrogen and oxygen atoms in total. The first-order valence-corrected chi connectivity index (χ1v) is 21.3. The second-order valence-electron chi connectivity index (χ2n) is 18.3. The van der Waals surface area contributed by atoms with Gasteiger partial charge in [0.15, 0.2) is 6.10 Å². The Balaban J connectivity index is 1.36. The first-order valence-electron chi connectivity index (χ1n) is 21.3. The van der Waals surface area contributed by atoms with Crippen molar-refractivity contribution in [3.05, 3.63) is 70.9 Å². The van der Waals surface area contributed by atoms with E-state index >= 15 is 4.79 Å². The van der Waals surface area contributed by atoms with E-state index in [-0.39, 0.29) is 12.0 Å². The zero-order valence-electron chi connectivity index (χ0n) is 35.4. The van der Waals surface area contributed by atoms with Crippen LogP contribution < -0.4 is 15.4 Å².